The van der Waals surface area contributed by atoms with E-state index in [1.54, 1.807) is 0 Å². The summed E-state index contributed by atoms with van der Waals surface area (Å²) in [5, 5.41) is 0. The van der Waals surface area contributed by atoms with Crippen LogP contribution in [0.4, 0.5) is 0 Å². The molecule has 5 fully saturated rings. The van der Waals surface area contributed by atoms with Crippen molar-refractivity contribution in [2.24, 2.45) is 23.2 Å². The van der Waals surface area contributed by atoms with E-state index in [9.17, 15) is 4.79 Å². The Bertz CT molecular complexity index is 909. The number of piperazine rings is 1. The number of ether oxygens (including phenoxy) is 1. The summed E-state index contributed by atoms with van der Waals surface area (Å²) in [7, 11) is 0. The number of benzene rings is 2. The average molecular weight is 533 g/mol. The van der Waals surface area contributed by atoms with Crippen LogP contribution < -0.4 is 0 Å². The van der Waals surface area contributed by atoms with Crippen molar-refractivity contribution < 1.29 is 9.53 Å². The van der Waals surface area contributed by atoms with Crippen LogP contribution in [0.5, 0.6) is 0 Å². The van der Waals surface area contributed by atoms with Crippen LogP contribution in [-0.2, 0) is 9.53 Å². The minimum atomic E-state index is -0.0309. The van der Waals surface area contributed by atoms with Crippen LogP contribution in [0.25, 0.3) is 0 Å². The van der Waals surface area contributed by atoms with Gasteiger partial charge in [-0.05, 0) is 67.4 Å². The largest absolute Gasteiger partial charge is 0.367 e. The van der Waals surface area contributed by atoms with Crippen LogP contribution in [0.3, 0.4) is 0 Å². The number of hydrogen-bond donors (Lipinski definition) is 0. The van der Waals surface area contributed by atoms with Gasteiger partial charge in [-0.3, -0.25) is 14.6 Å². The molecule has 0 amide bonds. The van der Waals surface area contributed by atoms with E-state index in [0.717, 1.165) is 50.5 Å². The lowest BCUT2D eigenvalue weighted by Gasteiger charge is -2.56. The Hall–Kier alpha value is -2.01. The maximum absolute atomic E-state index is 13.5. The molecule has 4 nitrogen and oxygen atoms in total. The molecule has 2 aromatic carbocycles. The van der Waals surface area contributed by atoms with Gasteiger partial charge in [-0.1, -0.05) is 88.4 Å². The predicted octanol–water partition coefficient (Wildman–Crippen LogP) is 7.25. The molecule has 5 aliphatic rings. The molecule has 0 unspecified atom stereocenters. The Morgan fingerprint density at radius 3 is 1.64 bits per heavy atom. The number of ketones is 1. The lowest BCUT2D eigenvalue weighted by atomic mass is 9.48. The Kier molecular flexibility index (Phi) is 11.2. The minimum Gasteiger partial charge on any atom is -0.367 e. The molecular weight excluding hydrogens is 480 g/mol. The molecule has 7 rings (SSSR count). The van der Waals surface area contributed by atoms with Gasteiger partial charge in [-0.25, -0.2) is 0 Å². The van der Waals surface area contributed by atoms with Crippen LogP contribution in [-0.4, -0.2) is 61.5 Å². The minimum absolute atomic E-state index is 0.0309. The molecule has 4 heteroatoms. The lowest BCUT2D eigenvalue weighted by Crippen LogP contribution is -2.54. The molecule has 214 valence electrons. The van der Waals surface area contributed by atoms with Crippen LogP contribution in [0.1, 0.15) is 83.5 Å². The number of hydrogen-bond acceptors (Lipinski definition) is 4. The second-order valence-corrected chi connectivity index (χ2v) is 11.8. The van der Waals surface area contributed by atoms with Crippen molar-refractivity contribution in [1.82, 2.24) is 9.80 Å². The zero-order valence-electron chi connectivity index (χ0n) is 25.0. The first-order chi connectivity index (χ1) is 19.2. The molecule has 0 radical (unpaired) electrons. The second-order valence-electron chi connectivity index (χ2n) is 11.8. The van der Waals surface area contributed by atoms with Crippen molar-refractivity contribution in [3.8, 4) is 0 Å². The van der Waals surface area contributed by atoms with Gasteiger partial charge in [0.05, 0.1) is 13.2 Å². The normalized spacial score (nSPS) is 27.9. The Morgan fingerprint density at radius 1 is 0.744 bits per heavy atom. The third-order valence-corrected chi connectivity index (χ3v) is 9.36. The monoisotopic (exact) mass is 532 g/mol. The van der Waals surface area contributed by atoms with Crippen molar-refractivity contribution in [1.29, 1.82) is 0 Å². The van der Waals surface area contributed by atoms with Gasteiger partial charge in [-0.2, -0.15) is 0 Å². The van der Waals surface area contributed by atoms with Gasteiger partial charge >= 0.3 is 0 Å². The van der Waals surface area contributed by atoms with E-state index in [2.05, 4.69) is 70.5 Å². The van der Waals surface area contributed by atoms with Crippen LogP contribution >= 0.6 is 0 Å². The Morgan fingerprint density at radius 2 is 1.18 bits per heavy atom. The highest BCUT2D eigenvalue weighted by molar-refractivity contribution is 5.87. The van der Waals surface area contributed by atoms with Gasteiger partial charge < -0.3 is 4.74 Å². The summed E-state index contributed by atoms with van der Waals surface area (Å²) in [6, 6.07) is 21.0. The van der Waals surface area contributed by atoms with Crippen molar-refractivity contribution in [2.45, 2.75) is 72.3 Å². The Balaban J connectivity index is 0.000000845. The van der Waals surface area contributed by atoms with E-state index >= 15 is 0 Å². The maximum Gasteiger partial charge on any atom is 0.152 e. The van der Waals surface area contributed by atoms with Gasteiger partial charge in [-0.15, -0.1) is 0 Å². The van der Waals surface area contributed by atoms with Crippen LogP contribution in [0.2, 0.25) is 0 Å². The maximum atomic E-state index is 13.5. The first kappa shape index (κ1) is 30.0. The standard InChI is InChI=1S/C31H40N2O2.2C2H6/c34-29(31-20-24-17-25(21-31)19-26(18-24)22-31)23-33-13-11-32(12-14-33)15-16-35-30(27-7-3-1-4-8-27)28-9-5-2-6-10-28;2*1-2/h1-10,24-26,30H,11-23H2;2*1-2H3. The molecule has 4 bridgehead atoms. The molecule has 0 spiro atoms. The van der Waals surface area contributed by atoms with Gasteiger partial charge in [0.1, 0.15) is 6.10 Å². The number of carbonyl (C=O) groups is 1. The summed E-state index contributed by atoms with van der Waals surface area (Å²) in [4.78, 5) is 18.4. The van der Waals surface area contributed by atoms with E-state index in [4.69, 9.17) is 4.74 Å². The SMILES string of the molecule is CC.CC.O=C(CN1CCN(CCOC(c2ccccc2)c2ccccc2)CC1)C12CC3CC(CC(C3)C1)C2. The molecule has 1 saturated heterocycles. The van der Waals surface area contributed by atoms with Crippen molar-refractivity contribution in [3.05, 3.63) is 71.8 Å². The molecule has 39 heavy (non-hydrogen) atoms. The molecule has 0 atom stereocenters. The summed E-state index contributed by atoms with van der Waals surface area (Å²) in [6.45, 7) is 14.4. The predicted molar refractivity (Wildman–Crippen MR) is 162 cm³/mol. The molecule has 1 heterocycles. The van der Waals surface area contributed by atoms with Crippen LogP contribution in [0.15, 0.2) is 60.7 Å². The highest BCUT2D eigenvalue weighted by Gasteiger charge is 2.54. The average Bonchev–Trinajstić information content (AvgIpc) is 2.98. The zero-order chi connectivity index (χ0) is 27.7. The van der Waals surface area contributed by atoms with E-state index in [1.165, 1.54) is 49.7 Å². The topological polar surface area (TPSA) is 32.8 Å². The molecular formula is C35H52N2O2. The second kappa shape index (κ2) is 14.6. The smallest absolute Gasteiger partial charge is 0.152 e. The fourth-order valence-corrected chi connectivity index (χ4v) is 7.93. The van der Waals surface area contributed by atoms with E-state index in [-0.39, 0.29) is 11.5 Å². The van der Waals surface area contributed by atoms with Gasteiger partial charge in [0.2, 0.25) is 0 Å². The van der Waals surface area contributed by atoms with E-state index in [1.807, 2.05) is 27.7 Å². The zero-order valence-corrected chi connectivity index (χ0v) is 25.0. The summed E-state index contributed by atoms with van der Waals surface area (Å²) >= 11 is 0. The third-order valence-electron chi connectivity index (χ3n) is 9.36. The van der Waals surface area contributed by atoms with Gasteiger partial charge in [0.15, 0.2) is 5.78 Å². The number of nitrogens with zero attached hydrogens (tertiary/aromatic N) is 2. The van der Waals surface area contributed by atoms with Gasteiger partial charge in [0, 0.05) is 38.1 Å². The summed E-state index contributed by atoms with van der Waals surface area (Å²) in [5.74, 6) is 3.11. The first-order valence-electron chi connectivity index (χ1n) is 15.9. The molecule has 4 saturated carbocycles. The van der Waals surface area contributed by atoms with Crippen molar-refractivity contribution in [2.75, 3.05) is 45.9 Å². The molecule has 1 aliphatic heterocycles. The number of rotatable bonds is 9. The van der Waals surface area contributed by atoms with Crippen LogP contribution in [0, 0.1) is 23.2 Å². The molecule has 0 aromatic heterocycles. The fourth-order valence-electron chi connectivity index (χ4n) is 7.93. The van der Waals surface area contributed by atoms with E-state index in [0.29, 0.717) is 18.9 Å². The molecule has 2 aromatic rings. The summed E-state index contributed by atoms with van der Waals surface area (Å²) in [6.07, 6.45) is 7.77. The first-order valence-corrected chi connectivity index (χ1v) is 15.9. The highest BCUT2D eigenvalue weighted by atomic mass is 16.5. The third kappa shape index (κ3) is 7.39. The summed E-state index contributed by atoms with van der Waals surface area (Å²) in [5.41, 5.74) is 2.45. The number of Topliss-reactive ketones (excluding diaryl/α,β-unsaturated/α-hetero) is 1. The van der Waals surface area contributed by atoms with Gasteiger partial charge in [0.25, 0.3) is 0 Å². The van der Waals surface area contributed by atoms with Crippen molar-refractivity contribution in [3.63, 3.8) is 0 Å². The highest BCUT2D eigenvalue weighted by Crippen LogP contribution is 2.60. The van der Waals surface area contributed by atoms with Crippen molar-refractivity contribution >= 4 is 5.78 Å². The quantitative estimate of drug-likeness (QED) is 0.341. The molecule has 0 N–H and O–H groups in total. The Labute approximate surface area is 238 Å². The van der Waals surface area contributed by atoms with E-state index < -0.39 is 0 Å². The molecule has 4 aliphatic carbocycles. The lowest BCUT2D eigenvalue weighted by molar-refractivity contribution is -0.145. The summed E-state index contributed by atoms with van der Waals surface area (Å²) < 4.78 is 6.44. The fraction of sp³-hybridized carbons (Fsp3) is 0.629. The number of carbonyl (C=O) groups excluding carboxylic acids is 1.